The molecule has 190 valence electrons. The van der Waals surface area contributed by atoms with Gasteiger partial charge in [-0.25, -0.2) is 4.98 Å². The molecule has 0 atom stereocenters. The van der Waals surface area contributed by atoms with Gasteiger partial charge in [0.05, 0.1) is 11.6 Å². The number of ether oxygens (including phenoxy) is 2. The average Bonchev–Trinajstić information content (AvgIpc) is 3.43. The van der Waals surface area contributed by atoms with Crippen molar-refractivity contribution < 1.29 is 9.47 Å². The standard InChI is InChI=1S/C27H25ClN6O2.ClH/c1-4-19-13-24(25-23(29-19)14-22(28)27(30-25)36-16(2)3)35-15-17-9-11-18(12-10-17)20-7-5-6-8-21(20)26-31-33-34-32-26;/h5-14,16H,4,15H2,1-3H3,(H,31,32,33,34);1H. The van der Waals surface area contributed by atoms with Crippen molar-refractivity contribution in [1.82, 2.24) is 30.6 Å². The average molecular weight is 537 g/mol. The van der Waals surface area contributed by atoms with Crippen LogP contribution in [0.1, 0.15) is 32.0 Å². The normalized spacial score (nSPS) is 10.9. The third-order valence-corrected chi connectivity index (χ3v) is 5.87. The molecule has 3 aromatic heterocycles. The number of hydrogen-bond donors (Lipinski definition) is 1. The number of pyridine rings is 2. The lowest BCUT2D eigenvalue weighted by molar-refractivity contribution is 0.233. The summed E-state index contributed by atoms with van der Waals surface area (Å²) in [5.41, 5.74) is 6.21. The Morgan fingerprint density at radius 2 is 1.73 bits per heavy atom. The van der Waals surface area contributed by atoms with E-state index in [1.807, 2.05) is 63.2 Å². The van der Waals surface area contributed by atoms with Gasteiger partial charge in [0.2, 0.25) is 11.7 Å². The highest BCUT2D eigenvalue weighted by atomic mass is 35.5. The fourth-order valence-electron chi connectivity index (χ4n) is 3.88. The second-order valence-corrected chi connectivity index (χ2v) is 8.95. The largest absolute Gasteiger partial charge is 0.486 e. The molecule has 0 aliphatic heterocycles. The lowest BCUT2D eigenvalue weighted by Gasteiger charge is -2.14. The molecule has 0 saturated carbocycles. The minimum atomic E-state index is -0.0524. The molecule has 0 radical (unpaired) electrons. The molecule has 5 aromatic rings. The maximum absolute atomic E-state index is 6.40. The first-order chi connectivity index (χ1) is 17.5. The number of aryl methyl sites for hydroxylation is 1. The van der Waals surface area contributed by atoms with Crippen LogP contribution < -0.4 is 9.47 Å². The van der Waals surface area contributed by atoms with Gasteiger partial charge in [0.15, 0.2) is 0 Å². The van der Waals surface area contributed by atoms with Gasteiger partial charge in [0.25, 0.3) is 0 Å². The summed E-state index contributed by atoms with van der Waals surface area (Å²) in [6, 6.07) is 19.9. The Hall–Kier alpha value is -3.75. The summed E-state index contributed by atoms with van der Waals surface area (Å²) in [6.07, 6.45) is 0.714. The van der Waals surface area contributed by atoms with Crippen LogP contribution in [0.15, 0.2) is 60.7 Å². The molecular weight excluding hydrogens is 511 g/mol. The zero-order valence-electron chi connectivity index (χ0n) is 20.6. The summed E-state index contributed by atoms with van der Waals surface area (Å²) >= 11 is 6.40. The third kappa shape index (κ3) is 5.81. The van der Waals surface area contributed by atoms with Gasteiger partial charge in [-0.1, -0.05) is 67.1 Å². The van der Waals surface area contributed by atoms with E-state index in [0.717, 1.165) is 34.4 Å². The molecule has 1 N–H and O–H groups in total. The predicted molar refractivity (Wildman–Crippen MR) is 146 cm³/mol. The van der Waals surface area contributed by atoms with Crippen LogP contribution in [0.3, 0.4) is 0 Å². The molecule has 37 heavy (non-hydrogen) atoms. The smallest absolute Gasteiger partial charge is 0.233 e. The topological polar surface area (TPSA) is 98.7 Å². The molecule has 0 saturated heterocycles. The highest BCUT2D eigenvalue weighted by Gasteiger charge is 2.15. The quantitative estimate of drug-likeness (QED) is 0.242. The van der Waals surface area contributed by atoms with Crippen LogP contribution in [0.5, 0.6) is 11.6 Å². The number of nitrogens with zero attached hydrogens (tertiary/aromatic N) is 5. The zero-order valence-corrected chi connectivity index (χ0v) is 22.2. The summed E-state index contributed by atoms with van der Waals surface area (Å²) in [4.78, 5) is 9.29. The minimum absolute atomic E-state index is 0. The molecule has 0 aliphatic carbocycles. The van der Waals surface area contributed by atoms with E-state index < -0.39 is 0 Å². The number of halogens is 2. The summed E-state index contributed by atoms with van der Waals surface area (Å²) in [5, 5.41) is 14.9. The second-order valence-electron chi connectivity index (χ2n) is 8.54. The van der Waals surface area contributed by atoms with Crippen LogP contribution >= 0.6 is 24.0 Å². The summed E-state index contributed by atoms with van der Waals surface area (Å²) in [7, 11) is 0. The van der Waals surface area contributed by atoms with Crippen molar-refractivity contribution >= 4 is 35.0 Å². The molecule has 0 unspecified atom stereocenters. The van der Waals surface area contributed by atoms with Gasteiger partial charge >= 0.3 is 0 Å². The Kier molecular flexibility index (Phi) is 8.21. The molecule has 8 nitrogen and oxygen atoms in total. The first-order valence-electron chi connectivity index (χ1n) is 11.7. The van der Waals surface area contributed by atoms with Crippen molar-refractivity contribution in [2.75, 3.05) is 0 Å². The number of aromatic amines is 1. The number of H-pyrrole nitrogens is 1. The number of aromatic nitrogens is 6. The van der Waals surface area contributed by atoms with Gasteiger partial charge in [-0.15, -0.1) is 22.6 Å². The Labute approximate surface area is 225 Å². The van der Waals surface area contributed by atoms with E-state index >= 15 is 0 Å². The summed E-state index contributed by atoms with van der Waals surface area (Å²) in [6.45, 7) is 6.29. The van der Waals surface area contributed by atoms with Crippen LogP contribution in [-0.4, -0.2) is 36.7 Å². The van der Waals surface area contributed by atoms with Crippen molar-refractivity contribution in [1.29, 1.82) is 0 Å². The lowest BCUT2D eigenvalue weighted by Crippen LogP contribution is -2.08. The maximum Gasteiger partial charge on any atom is 0.233 e. The molecule has 3 heterocycles. The summed E-state index contributed by atoms with van der Waals surface area (Å²) in [5.74, 6) is 1.58. The Morgan fingerprint density at radius 3 is 2.41 bits per heavy atom. The van der Waals surface area contributed by atoms with Crippen molar-refractivity contribution in [2.24, 2.45) is 0 Å². The van der Waals surface area contributed by atoms with Crippen LogP contribution in [0.4, 0.5) is 0 Å². The van der Waals surface area contributed by atoms with Gasteiger partial charge in [-0.2, -0.15) is 5.21 Å². The molecule has 0 bridgehead atoms. The monoisotopic (exact) mass is 536 g/mol. The number of fused-ring (bicyclic) bond motifs is 1. The lowest BCUT2D eigenvalue weighted by atomic mass is 9.98. The number of nitrogens with one attached hydrogen (secondary N) is 1. The van der Waals surface area contributed by atoms with Crippen LogP contribution in [-0.2, 0) is 13.0 Å². The molecule has 10 heteroatoms. The van der Waals surface area contributed by atoms with Crippen LogP contribution in [0, 0.1) is 0 Å². The fourth-order valence-corrected chi connectivity index (χ4v) is 4.07. The SMILES string of the molecule is CCc1cc(OCc2ccc(-c3ccccc3-c3nn[nH]n3)cc2)c2nc(OC(C)C)c(Cl)cc2n1.Cl. The molecule has 5 rings (SSSR count). The highest BCUT2D eigenvalue weighted by Crippen LogP contribution is 2.33. The Morgan fingerprint density at radius 1 is 0.973 bits per heavy atom. The predicted octanol–water partition coefficient (Wildman–Crippen LogP) is 6.48. The molecule has 0 amide bonds. The third-order valence-electron chi connectivity index (χ3n) is 5.60. The van der Waals surface area contributed by atoms with Gasteiger partial charge in [-0.3, -0.25) is 4.98 Å². The molecule has 0 aliphatic rings. The van der Waals surface area contributed by atoms with Gasteiger partial charge < -0.3 is 9.47 Å². The van der Waals surface area contributed by atoms with Crippen molar-refractivity contribution in [3.8, 4) is 34.1 Å². The molecule has 0 spiro atoms. The number of hydrogen-bond acceptors (Lipinski definition) is 7. The number of rotatable bonds is 8. The van der Waals surface area contributed by atoms with E-state index in [-0.39, 0.29) is 18.5 Å². The van der Waals surface area contributed by atoms with Gasteiger partial charge in [0, 0.05) is 17.3 Å². The Balaban J connectivity index is 0.00000320. The first-order valence-corrected chi connectivity index (χ1v) is 12.1. The molecule has 2 aromatic carbocycles. The Bertz CT molecular complexity index is 1490. The maximum atomic E-state index is 6.40. The van der Waals surface area contributed by atoms with Gasteiger partial charge in [-0.05, 0) is 48.2 Å². The second kappa shape index (κ2) is 11.5. The molecule has 0 fully saturated rings. The highest BCUT2D eigenvalue weighted by molar-refractivity contribution is 6.32. The minimum Gasteiger partial charge on any atom is -0.486 e. The fraction of sp³-hybridized carbons (Fsp3) is 0.222. The van der Waals surface area contributed by atoms with Crippen molar-refractivity contribution in [3.63, 3.8) is 0 Å². The van der Waals surface area contributed by atoms with E-state index in [0.29, 0.717) is 40.1 Å². The van der Waals surface area contributed by atoms with E-state index in [9.17, 15) is 0 Å². The van der Waals surface area contributed by atoms with Crippen molar-refractivity contribution in [2.45, 2.75) is 39.9 Å². The van der Waals surface area contributed by atoms with Crippen molar-refractivity contribution in [3.05, 3.63) is 76.9 Å². The molecular formula is C27H26Cl2N6O2. The zero-order chi connectivity index (χ0) is 25.1. The number of tetrazole rings is 1. The van der Waals surface area contributed by atoms with E-state index in [2.05, 4.69) is 42.7 Å². The van der Waals surface area contributed by atoms with E-state index in [4.69, 9.17) is 21.1 Å². The first kappa shape index (κ1) is 26.3. The van der Waals surface area contributed by atoms with E-state index in [1.165, 1.54) is 0 Å². The van der Waals surface area contributed by atoms with Crippen LogP contribution in [0.2, 0.25) is 5.02 Å². The van der Waals surface area contributed by atoms with E-state index in [1.54, 1.807) is 6.07 Å². The van der Waals surface area contributed by atoms with Gasteiger partial charge in [0.1, 0.15) is 22.9 Å². The van der Waals surface area contributed by atoms with Crippen LogP contribution in [0.25, 0.3) is 33.5 Å². The number of benzene rings is 2. The summed E-state index contributed by atoms with van der Waals surface area (Å²) < 4.78 is 12.0.